The van der Waals surface area contributed by atoms with Gasteiger partial charge >= 0.3 is 0 Å². The van der Waals surface area contributed by atoms with Crippen molar-refractivity contribution >= 4 is 28.6 Å². The average molecular weight is 255 g/mol. The Kier molecular flexibility index (Phi) is 2.89. The molecule has 1 aromatic heterocycles. The number of rotatable bonds is 2. The van der Waals surface area contributed by atoms with Crippen LogP contribution < -0.4 is 0 Å². The zero-order chi connectivity index (χ0) is 11.7. The highest BCUT2D eigenvalue weighted by molar-refractivity contribution is 7.16. The van der Waals surface area contributed by atoms with Crippen molar-refractivity contribution in [3.8, 4) is 11.3 Å². The van der Waals surface area contributed by atoms with Gasteiger partial charge in [-0.05, 0) is 6.92 Å². The predicted molar refractivity (Wildman–Crippen MR) is 64.0 cm³/mol. The minimum Gasteiger partial charge on any atom is -0.258 e. The summed E-state index contributed by atoms with van der Waals surface area (Å²) in [5.74, 6) is 0. The van der Waals surface area contributed by atoms with E-state index in [0.717, 1.165) is 10.4 Å². The van der Waals surface area contributed by atoms with Crippen LogP contribution >= 0.6 is 22.9 Å². The highest BCUT2D eigenvalue weighted by Gasteiger charge is 2.12. The summed E-state index contributed by atoms with van der Waals surface area (Å²) in [4.78, 5) is 15.3. The van der Waals surface area contributed by atoms with Gasteiger partial charge in [-0.3, -0.25) is 10.1 Å². The minimum absolute atomic E-state index is 0.0565. The normalized spacial score (nSPS) is 10.4. The number of aromatic nitrogens is 1. The molecule has 0 bridgehead atoms. The van der Waals surface area contributed by atoms with Crippen LogP contribution in [-0.4, -0.2) is 9.91 Å². The summed E-state index contributed by atoms with van der Waals surface area (Å²) >= 11 is 7.15. The molecule has 4 nitrogen and oxygen atoms in total. The number of non-ortho nitro benzene ring substituents is 1. The fourth-order valence-corrected chi connectivity index (χ4v) is 2.48. The molecule has 0 N–H and O–H groups in total. The standard InChI is InChI=1S/C10H7ClN2O2S/c1-6-9(12-10(11)16-6)7-3-2-4-8(5-7)13(14)15/h2-5H,1H3. The molecule has 2 rings (SSSR count). The number of nitro groups is 1. The van der Waals surface area contributed by atoms with E-state index in [2.05, 4.69) is 4.98 Å². The fraction of sp³-hybridized carbons (Fsp3) is 0.100. The van der Waals surface area contributed by atoms with E-state index in [-0.39, 0.29) is 5.69 Å². The number of benzene rings is 1. The Morgan fingerprint density at radius 2 is 2.25 bits per heavy atom. The molecule has 0 spiro atoms. The molecule has 0 fully saturated rings. The first-order valence-corrected chi connectivity index (χ1v) is 5.65. The summed E-state index contributed by atoms with van der Waals surface area (Å²) in [6, 6.07) is 6.37. The summed E-state index contributed by atoms with van der Waals surface area (Å²) in [6.07, 6.45) is 0. The van der Waals surface area contributed by atoms with E-state index in [1.54, 1.807) is 12.1 Å². The van der Waals surface area contributed by atoms with Crippen molar-refractivity contribution in [1.29, 1.82) is 0 Å². The van der Waals surface area contributed by atoms with Crippen LogP contribution in [-0.2, 0) is 0 Å². The van der Waals surface area contributed by atoms with Gasteiger partial charge in [-0.25, -0.2) is 4.98 Å². The summed E-state index contributed by atoms with van der Waals surface area (Å²) in [7, 11) is 0. The molecule has 0 saturated carbocycles. The van der Waals surface area contributed by atoms with Crippen LogP contribution in [0.25, 0.3) is 11.3 Å². The molecule has 1 heterocycles. The van der Waals surface area contributed by atoms with Gasteiger partial charge < -0.3 is 0 Å². The summed E-state index contributed by atoms with van der Waals surface area (Å²) in [6.45, 7) is 1.89. The van der Waals surface area contributed by atoms with Crippen LogP contribution in [0.2, 0.25) is 4.47 Å². The number of nitrogens with zero attached hydrogens (tertiary/aromatic N) is 2. The molecule has 0 aliphatic carbocycles. The van der Waals surface area contributed by atoms with Gasteiger partial charge in [0.1, 0.15) is 0 Å². The number of nitro benzene ring substituents is 1. The van der Waals surface area contributed by atoms with Gasteiger partial charge in [0, 0.05) is 22.6 Å². The van der Waals surface area contributed by atoms with E-state index < -0.39 is 4.92 Å². The van der Waals surface area contributed by atoms with Crippen molar-refractivity contribution in [2.75, 3.05) is 0 Å². The Morgan fingerprint density at radius 1 is 1.50 bits per heavy atom. The molecule has 82 valence electrons. The maximum atomic E-state index is 10.6. The van der Waals surface area contributed by atoms with Crippen LogP contribution in [0, 0.1) is 17.0 Å². The van der Waals surface area contributed by atoms with Gasteiger partial charge in [0.25, 0.3) is 5.69 Å². The zero-order valence-electron chi connectivity index (χ0n) is 8.31. The zero-order valence-corrected chi connectivity index (χ0v) is 9.88. The van der Waals surface area contributed by atoms with Crippen molar-refractivity contribution < 1.29 is 4.92 Å². The molecule has 6 heteroatoms. The maximum absolute atomic E-state index is 10.6. The van der Waals surface area contributed by atoms with Crippen LogP contribution in [0.15, 0.2) is 24.3 Å². The Balaban J connectivity index is 2.52. The Bertz CT molecular complexity index is 554. The van der Waals surface area contributed by atoms with Crippen LogP contribution in [0.1, 0.15) is 4.88 Å². The SMILES string of the molecule is Cc1sc(Cl)nc1-c1cccc([N+](=O)[O-])c1. The van der Waals surface area contributed by atoms with Crippen LogP contribution in [0.3, 0.4) is 0 Å². The number of hydrogen-bond acceptors (Lipinski definition) is 4. The number of thiazole rings is 1. The lowest BCUT2D eigenvalue weighted by atomic mass is 10.1. The van der Waals surface area contributed by atoms with Gasteiger partial charge in [0.2, 0.25) is 0 Å². The molecule has 0 aliphatic heterocycles. The molecule has 16 heavy (non-hydrogen) atoms. The smallest absolute Gasteiger partial charge is 0.258 e. The van der Waals surface area contributed by atoms with E-state index in [4.69, 9.17) is 11.6 Å². The molecule has 2 aromatic rings. The van der Waals surface area contributed by atoms with Crippen molar-refractivity contribution in [3.05, 3.63) is 43.7 Å². The molecule has 1 aromatic carbocycles. The maximum Gasteiger partial charge on any atom is 0.270 e. The number of aryl methyl sites for hydroxylation is 1. The number of hydrogen-bond donors (Lipinski definition) is 0. The fourth-order valence-electron chi connectivity index (χ4n) is 1.40. The molecule has 0 atom stereocenters. The first kappa shape index (κ1) is 11.0. The van der Waals surface area contributed by atoms with E-state index >= 15 is 0 Å². The minimum atomic E-state index is -0.424. The topological polar surface area (TPSA) is 56.0 Å². The van der Waals surface area contributed by atoms with Crippen LogP contribution in [0.4, 0.5) is 5.69 Å². The number of halogens is 1. The second-order valence-corrected chi connectivity index (χ2v) is 4.96. The molecular formula is C10H7ClN2O2S. The Morgan fingerprint density at radius 3 is 2.81 bits per heavy atom. The monoisotopic (exact) mass is 254 g/mol. The summed E-state index contributed by atoms with van der Waals surface area (Å²) in [5, 5.41) is 10.6. The van der Waals surface area contributed by atoms with Crippen molar-refractivity contribution in [2.24, 2.45) is 0 Å². The van der Waals surface area contributed by atoms with Crippen molar-refractivity contribution in [3.63, 3.8) is 0 Å². The average Bonchev–Trinajstić information content (AvgIpc) is 2.58. The molecule has 0 saturated heterocycles. The summed E-state index contributed by atoms with van der Waals surface area (Å²) < 4.78 is 0.444. The first-order chi connectivity index (χ1) is 7.58. The van der Waals surface area contributed by atoms with Gasteiger partial charge in [0.15, 0.2) is 4.47 Å². The van der Waals surface area contributed by atoms with E-state index in [1.165, 1.54) is 23.5 Å². The molecule has 0 amide bonds. The lowest BCUT2D eigenvalue weighted by molar-refractivity contribution is -0.384. The van der Waals surface area contributed by atoms with Crippen molar-refractivity contribution in [1.82, 2.24) is 4.98 Å². The van der Waals surface area contributed by atoms with Gasteiger partial charge in [0.05, 0.1) is 10.6 Å². The quantitative estimate of drug-likeness (QED) is 0.607. The first-order valence-electron chi connectivity index (χ1n) is 4.45. The Labute approximate surface area is 101 Å². The van der Waals surface area contributed by atoms with Crippen molar-refractivity contribution in [2.45, 2.75) is 6.92 Å². The highest BCUT2D eigenvalue weighted by Crippen LogP contribution is 2.31. The molecule has 0 unspecified atom stereocenters. The van der Waals surface area contributed by atoms with Gasteiger partial charge in [-0.1, -0.05) is 23.7 Å². The largest absolute Gasteiger partial charge is 0.270 e. The van der Waals surface area contributed by atoms with E-state index in [9.17, 15) is 10.1 Å². The lowest BCUT2D eigenvalue weighted by Crippen LogP contribution is -1.88. The predicted octanol–water partition coefficient (Wildman–Crippen LogP) is 3.68. The second-order valence-electron chi connectivity index (χ2n) is 3.18. The Hall–Kier alpha value is -1.46. The van der Waals surface area contributed by atoms with Gasteiger partial charge in [-0.2, -0.15) is 0 Å². The molecule has 0 aliphatic rings. The summed E-state index contributed by atoms with van der Waals surface area (Å²) in [5.41, 5.74) is 1.48. The highest BCUT2D eigenvalue weighted by atomic mass is 35.5. The third-order valence-corrected chi connectivity index (χ3v) is 3.18. The second kappa shape index (κ2) is 4.19. The third-order valence-electron chi connectivity index (χ3n) is 2.10. The third kappa shape index (κ3) is 2.05. The van der Waals surface area contributed by atoms with Crippen LogP contribution in [0.5, 0.6) is 0 Å². The lowest BCUT2D eigenvalue weighted by Gasteiger charge is -1.98. The van der Waals surface area contributed by atoms with E-state index in [1.807, 2.05) is 6.92 Å². The van der Waals surface area contributed by atoms with Gasteiger partial charge in [-0.15, -0.1) is 11.3 Å². The molecule has 0 radical (unpaired) electrons. The van der Waals surface area contributed by atoms with E-state index in [0.29, 0.717) is 10.2 Å². The molecular weight excluding hydrogens is 248 g/mol.